The second-order valence-corrected chi connectivity index (χ2v) is 5.35. The largest absolute Gasteiger partial charge is 0.289 e. The van der Waals surface area contributed by atoms with Crippen LogP contribution in [0.1, 0.15) is 21.5 Å². The maximum atomic E-state index is 13.3. The van der Waals surface area contributed by atoms with Gasteiger partial charge in [0, 0.05) is 15.8 Å². The molecule has 0 saturated heterocycles. The zero-order chi connectivity index (χ0) is 13.4. The van der Waals surface area contributed by atoms with E-state index in [4.69, 9.17) is 0 Å². The van der Waals surface area contributed by atoms with Crippen LogP contribution < -0.4 is 0 Å². The van der Waals surface area contributed by atoms with Crippen LogP contribution in [-0.2, 0) is 0 Å². The Morgan fingerprint density at radius 2 is 1.95 bits per heavy atom. The number of fused-ring (bicyclic) bond motifs is 1. The molecule has 0 N–H and O–H groups in total. The van der Waals surface area contributed by atoms with Crippen LogP contribution in [0, 0.1) is 12.7 Å². The number of hydrogen-bond donors (Lipinski definition) is 0. The Labute approximate surface area is 114 Å². The van der Waals surface area contributed by atoms with Crippen molar-refractivity contribution in [3.05, 3.63) is 70.4 Å². The van der Waals surface area contributed by atoms with E-state index in [1.54, 1.807) is 12.1 Å². The minimum atomic E-state index is -0.382. The monoisotopic (exact) mass is 270 g/mol. The first-order chi connectivity index (χ1) is 9.16. The summed E-state index contributed by atoms with van der Waals surface area (Å²) in [5, 5.41) is 3.00. The smallest absolute Gasteiger partial charge is 0.194 e. The minimum Gasteiger partial charge on any atom is -0.289 e. The van der Waals surface area contributed by atoms with Crippen LogP contribution >= 0.6 is 11.3 Å². The summed E-state index contributed by atoms with van der Waals surface area (Å²) in [5.74, 6) is -0.502. The van der Waals surface area contributed by atoms with Crippen molar-refractivity contribution in [3.8, 4) is 0 Å². The average molecular weight is 270 g/mol. The highest BCUT2D eigenvalue weighted by atomic mass is 32.1. The van der Waals surface area contributed by atoms with Gasteiger partial charge in [0.25, 0.3) is 0 Å². The topological polar surface area (TPSA) is 17.1 Å². The first kappa shape index (κ1) is 12.1. The van der Waals surface area contributed by atoms with Crippen LogP contribution in [0.5, 0.6) is 0 Å². The fraction of sp³-hybridized carbons (Fsp3) is 0.0625. The van der Waals surface area contributed by atoms with Crippen LogP contribution in [-0.4, -0.2) is 5.78 Å². The van der Waals surface area contributed by atoms with E-state index in [0.717, 1.165) is 15.6 Å². The normalized spacial score (nSPS) is 10.8. The highest BCUT2D eigenvalue weighted by Gasteiger charge is 2.15. The SMILES string of the molecule is Cc1ccc(F)cc1C(=O)c1cccc2ccsc12. The molecule has 3 rings (SSSR count). The van der Waals surface area contributed by atoms with Crippen molar-refractivity contribution in [1.29, 1.82) is 0 Å². The van der Waals surface area contributed by atoms with Crippen molar-refractivity contribution in [1.82, 2.24) is 0 Å². The van der Waals surface area contributed by atoms with Gasteiger partial charge in [-0.2, -0.15) is 0 Å². The third-order valence-corrected chi connectivity index (χ3v) is 4.13. The molecule has 2 aromatic carbocycles. The second-order valence-electron chi connectivity index (χ2n) is 4.43. The summed E-state index contributed by atoms with van der Waals surface area (Å²) in [6.45, 7) is 1.82. The highest BCUT2D eigenvalue weighted by molar-refractivity contribution is 7.17. The number of benzene rings is 2. The van der Waals surface area contributed by atoms with E-state index in [1.807, 2.05) is 30.5 Å². The Hall–Kier alpha value is -2.00. The summed E-state index contributed by atoms with van der Waals surface area (Å²) < 4.78 is 14.3. The first-order valence-corrected chi connectivity index (χ1v) is 6.82. The molecule has 0 bridgehead atoms. The highest BCUT2D eigenvalue weighted by Crippen LogP contribution is 2.27. The lowest BCUT2D eigenvalue weighted by Crippen LogP contribution is -2.04. The van der Waals surface area contributed by atoms with Gasteiger partial charge in [-0.3, -0.25) is 4.79 Å². The van der Waals surface area contributed by atoms with Crippen molar-refractivity contribution in [3.63, 3.8) is 0 Å². The summed E-state index contributed by atoms with van der Waals surface area (Å²) in [5.41, 5.74) is 1.86. The molecular weight excluding hydrogens is 259 g/mol. The molecule has 94 valence electrons. The fourth-order valence-corrected chi connectivity index (χ4v) is 3.07. The fourth-order valence-electron chi connectivity index (χ4n) is 2.16. The second kappa shape index (κ2) is 4.59. The minimum absolute atomic E-state index is 0.120. The summed E-state index contributed by atoms with van der Waals surface area (Å²) in [6, 6.07) is 11.9. The lowest BCUT2D eigenvalue weighted by atomic mass is 9.98. The number of thiophene rings is 1. The third kappa shape index (κ3) is 2.06. The number of carbonyl (C=O) groups excluding carboxylic acids is 1. The van der Waals surface area contributed by atoms with Gasteiger partial charge in [-0.25, -0.2) is 4.39 Å². The summed E-state index contributed by atoms with van der Waals surface area (Å²) in [4.78, 5) is 12.6. The van der Waals surface area contributed by atoms with Crippen molar-refractivity contribution in [2.75, 3.05) is 0 Å². The average Bonchev–Trinajstić information content (AvgIpc) is 2.89. The van der Waals surface area contributed by atoms with E-state index in [-0.39, 0.29) is 11.6 Å². The maximum Gasteiger partial charge on any atom is 0.194 e. The number of rotatable bonds is 2. The molecule has 3 aromatic rings. The van der Waals surface area contributed by atoms with Crippen molar-refractivity contribution in [2.45, 2.75) is 6.92 Å². The quantitative estimate of drug-likeness (QED) is 0.623. The molecule has 0 fully saturated rings. The molecule has 1 heterocycles. The molecule has 1 nitrogen and oxygen atoms in total. The van der Waals surface area contributed by atoms with Crippen LogP contribution in [0.15, 0.2) is 47.8 Å². The molecule has 0 saturated carbocycles. The van der Waals surface area contributed by atoms with Gasteiger partial charge in [0.2, 0.25) is 0 Å². The molecule has 0 spiro atoms. The zero-order valence-electron chi connectivity index (χ0n) is 10.3. The summed E-state index contributed by atoms with van der Waals surface area (Å²) >= 11 is 1.53. The van der Waals surface area contributed by atoms with E-state index in [1.165, 1.54) is 23.5 Å². The summed E-state index contributed by atoms with van der Waals surface area (Å²) in [7, 11) is 0. The Balaban J connectivity index is 2.19. The molecule has 0 aliphatic heterocycles. The Morgan fingerprint density at radius 1 is 1.11 bits per heavy atom. The van der Waals surface area contributed by atoms with Crippen LogP contribution in [0.25, 0.3) is 10.1 Å². The number of halogens is 1. The van der Waals surface area contributed by atoms with Gasteiger partial charge in [-0.15, -0.1) is 11.3 Å². The Morgan fingerprint density at radius 3 is 2.79 bits per heavy atom. The molecule has 19 heavy (non-hydrogen) atoms. The van der Waals surface area contributed by atoms with E-state index in [2.05, 4.69) is 0 Å². The van der Waals surface area contributed by atoms with E-state index in [9.17, 15) is 9.18 Å². The van der Waals surface area contributed by atoms with Crippen LogP contribution in [0.4, 0.5) is 4.39 Å². The van der Waals surface area contributed by atoms with Gasteiger partial charge in [0.05, 0.1) is 0 Å². The van der Waals surface area contributed by atoms with Crippen LogP contribution in [0.3, 0.4) is 0 Å². The van der Waals surface area contributed by atoms with E-state index < -0.39 is 0 Å². The summed E-state index contributed by atoms with van der Waals surface area (Å²) in [6.07, 6.45) is 0. The van der Waals surface area contributed by atoms with E-state index in [0.29, 0.717) is 11.1 Å². The molecular formula is C16H11FOS. The van der Waals surface area contributed by atoms with Gasteiger partial charge in [0.1, 0.15) is 5.82 Å². The van der Waals surface area contributed by atoms with Gasteiger partial charge in [-0.1, -0.05) is 18.2 Å². The molecule has 0 amide bonds. The first-order valence-electron chi connectivity index (χ1n) is 5.94. The van der Waals surface area contributed by atoms with Crippen molar-refractivity contribution >= 4 is 27.2 Å². The van der Waals surface area contributed by atoms with Gasteiger partial charge in [0.15, 0.2) is 5.78 Å². The molecule has 0 unspecified atom stereocenters. The van der Waals surface area contributed by atoms with Crippen LogP contribution in [0.2, 0.25) is 0 Å². The maximum absolute atomic E-state index is 13.3. The molecule has 0 aliphatic rings. The number of carbonyl (C=O) groups is 1. The third-order valence-electron chi connectivity index (χ3n) is 3.17. The predicted octanol–water partition coefficient (Wildman–Crippen LogP) is 4.58. The lowest BCUT2D eigenvalue weighted by Gasteiger charge is -2.06. The molecule has 1 aromatic heterocycles. The molecule has 0 radical (unpaired) electrons. The zero-order valence-corrected chi connectivity index (χ0v) is 11.1. The molecule has 0 aliphatic carbocycles. The Bertz CT molecular complexity index is 773. The number of hydrogen-bond acceptors (Lipinski definition) is 2. The number of aryl methyl sites for hydroxylation is 1. The Kier molecular flexibility index (Phi) is 2.91. The lowest BCUT2D eigenvalue weighted by molar-refractivity contribution is 0.103. The number of ketones is 1. The van der Waals surface area contributed by atoms with Gasteiger partial charge in [-0.05, 0) is 47.5 Å². The standard InChI is InChI=1S/C16H11FOS/c1-10-5-6-12(17)9-14(10)15(18)13-4-2-3-11-7-8-19-16(11)13/h2-9H,1H3. The van der Waals surface area contributed by atoms with Gasteiger partial charge < -0.3 is 0 Å². The van der Waals surface area contributed by atoms with Gasteiger partial charge >= 0.3 is 0 Å². The predicted molar refractivity (Wildman–Crippen MR) is 76.4 cm³/mol. The molecule has 3 heteroatoms. The van der Waals surface area contributed by atoms with Crippen molar-refractivity contribution in [2.24, 2.45) is 0 Å². The van der Waals surface area contributed by atoms with Crippen molar-refractivity contribution < 1.29 is 9.18 Å². The molecule has 0 atom stereocenters. The van der Waals surface area contributed by atoms with E-state index >= 15 is 0 Å².